The molecule has 0 spiro atoms. The molecule has 0 aromatic heterocycles. The molecule has 14 atom stereocenters. The van der Waals surface area contributed by atoms with E-state index in [4.69, 9.17) is 32.1 Å². The zero-order valence-corrected chi connectivity index (χ0v) is 57.3. The fraction of sp³-hybridized carbons (Fsp3) is 0.656. The summed E-state index contributed by atoms with van der Waals surface area (Å²) in [5.74, 6) is -28.5. The maximum Gasteiger partial charge on any atom is 0.490 e. The Balaban J connectivity index is 3.39. The van der Waals surface area contributed by atoms with E-state index < -0.39 is 235 Å². The topological polar surface area (TPSA) is 541 Å². The van der Waals surface area contributed by atoms with E-state index in [0.717, 1.165) is 32.9 Å². The lowest BCUT2D eigenvalue weighted by molar-refractivity contribution is -0.208. The highest BCUT2D eigenvalue weighted by Crippen LogP contribution is 2.27. The van der Waals surface area contributed by atoms with Crippen molar-refractivity contribution in [1.82, 2.24) is 58.5 Å². The number of amides is 11. The Hall–Kier alpha value is -9.47. The third-order valence-electron chi connectivity index (χ3n) is 14.8. The van der Waals surface area contributed by atoms with Gasteiger partial charge in [0.05, 0.1) is 18.7 Å². The van der Waals surface area contributed by atoms with E-state index >= 15 is 9.59 Å². The van der Waals surface area contributed by atoms with Crippen LogP contribution in [-0.2, 0) is 81.3 Å². The van der Waals surface area contributed by atoms with Gasteiger partial charge >= 0.3 is 30.3 Å². The van der Waals surface area contributed by atoms with Crippen molar-refractivity contribution in [1.29, 1.82) is 5.41 Å². The van der Waals surface area contributed by atoms with Crippen molar-refractivity contribution in [2.45, 2.75) is 205 Å². The number of carbonyl (C=O) groups is 14. The van der Waals surface area contributed by atoms with Crippen molar-refractivity contribution in [3.63, 3.8) is 0 Å². The fourth-order valence-electron chi connectivity index (χ4n) is 9.72. The van der Waals surface area contributed by atoms with Gasteiger partial charge in [0.2, 0.25) is 65.0 Å². The number of cyclic esters (lactones) is 1. The van der Waals surface area contributed by atoms with Gasteiger partial charge in [-0.05, 0) is 74.2 Å². The number of esters is 3. The summed E-state index contributed by atoms with van der Waals surface area (Å²) in [6.45, 7) is 12.2. The number of aliphatic hydroxyl groups is 2. The molecule has 1 aromatic carbocycles. The Kier molecular flexibility index (Phi) is 34.8. The van der Waals surface area contributed by atoms with Gasteiger partial charge in [0.1, 0.15) is 61.0 Å². The molecule has 1 heterocycles. The van der Waals surface area contributed by atoms with Gasteiger partial charge in [-0.25, -0.2) is 14.4 Å². The normalized spacial score (nSPS) is 23.3. The fourth-order valence-corrected chi connectivity index (χ4v) is 9.72. The average molecular weight is 1450 g/mol. The van der Waals surface area contributed by atoms with Gasteiger partial charge in [0.15, 0.2) is 24.2 Å². The van der Waals surface area contributed by atoms with E-state index in [1.807, 2.05) is 5.32 Å². The van der Waals surface area contributed by atoms with Gasteiger partial charge in [-0.1, -0.05) is 99.6 Å². The molecule has 0 saturated carbocycles. The van der Waals surface area contributed by atoms with Crippen LogP contribution in [0.4, 0.5) is 26.3 Å². The molecular weight excluding hydrogens is 1360 g/mol. The lowest BCUT2D eigenvalue weighted by Gasteiger charge is -2.35. The molecule has 0 bridgehead atoms. The summed E-state index contributed by atoms with van der Waals surface area (Å²) in [5, 5.41) is 53.4. The van der Waals surface area contributed by atoms with Crippen molar-refractivity contribution in [3.8, 4) is 0 Å². The third kappa shape index (κ3) is 29.3. The second-order valence-electron chi connectivity index (χ2n) is 25.7. The standard InChI is InChI=1S/C61H93F6N15O19/c1-25(2)20-32(68)47(87)75-35(22-27(5)6)50(90)81-42-45(31-16-13-12-14-17-31)100-56(96)36(24-99-57(97)60(62,63)64)77-53(93)40(43(85)46(69)86)78-37(84)23-73-51(91)39(30(11)83)80-52(92)38(28(7)8)79-48(88)33(18-15-19-72-59(70)71)74-49(89)34(21-26(3)4)76-54(94)41(82-55(42)95)44(29(9)10)101-58(98)61(65,66)67/h12-14,16-17,25-30,32-36,38-45,83,85H,15,18-24,68H2,1-11H3,(H2,69,86)(H,73,91)(H,74,89)(H,75,87)(H,76,94)(H,77,93)(H,78,84)(H,79,88)(H,80,92)(H,81,90)(H,82,95)(H4,70,71,72)/t30-,32+,33+,34-,35-,36-,38-,39-,40-,41-,42-,43-,44+,45+/m0/s1. The molecule has 568 valence electrons. The van der Waals surface area contributed by atoms with Gasteiger partial charge < -0.3 is 100 Å². The molecule has 2 rings (SSSR count). The molecule has 11 amide bonds. The first-order valence-electron chi connectivity index (χ1n) is 31.9. The zero-order valence-electron chi connectivity index (χ0n) is 57.3. The zero-order chi connectivity index (χ0) is 77.3. The number of hydrogen-bond acceptors (Lipinski definition) is 21. The minimum absolute atomic E-state index is 0.0423. The summed E-state index contributed by atoms with van der Waals surface area (Å²) in [5.41, 5.74) is 16.5. The monoisotopic (exact) mass is 1450 g/mol. The van der Waals surface area contributed by atoms with Gasteiger partial charge in [0, 0.05) is 6.54 Å². The van der Waals surface area contributed by atoms with Crippen LogP contribution in [0.5, 0.6) is 0 Å². The van der Waals surface area contributed by atoms with Crippen LogP contribution < -0.4 is 75.7 Å². The lowest BCUT2D eigenvalue weighted by Crippen LogP contribution is -2.64. The Labute approximate surface area is 576 Å². The smallest absolute Gasteiger partial charge is 0.456 e. The van der Waals surface area contributed by atoms with Crippen LogP contribution in [0.2, 0.25) is 0 Å². The van der Waals surface area contributed by atoms with Gasteiger partial charge in [0.25, 0.3) is 0 Å². The highest BCUT2D eigenvalue weighted by molar-refractivity contribution is 6.00. The van der Waals surface area contributed by atoms with Crippen LogP contribution in [0.1, 0.15) is 120 Å². The van der Waals surface area contributed by atoms with Gasteiger partial charge in [-0.2, -0.15) is 26.3 Å². The number of nitrogens with two attached hydrogens (primary N) is 3. The van der Waals surface area contributed by atoms with Crippen molar-refractivity contribution in [3.05, 3.63) is 35.9 Å². The van der Waals surface area contributed by atoms with Crippen molar-refractivity contribution in [2.24, 2.45) is 46.8 Å². The summed E-state index contributed by atoms with van der Waals surface area (Å²) in [6, 6.07) is -15.6. The van der Waals surface area contributed by atoms with E-state index in [1.165, 1.54) is 45.9 Å². The number of hydrogen-bond donors (Lipinski definition) is 17. The first kappa shape index (κ1) is 87.6. The number of alkyl halides is 6. The largest absolute Gasteiger partial charge is 0.490 e. The Morgan fingerprint density at radius 2 is 1.16 bits per heavy atom. The number of benzene rings is 1. The van der Waals surface area contributed by atoms with Crippen LogP contribution in [0.15, 0.2) is 30.3 Å². The quantitative estimate of drug-likeness (QED) is 0.0120. The van der Waals surface area contributed by atoms with Crippen molar-refractivity contribution in [2.75, 3.05) is 19.7 Å². The Morgan fingerprint density at radius 1 is 0.634 bits per heavy atom. The molecule has 20 N–H and O–H groups in total. The van der Waals surface area contributed by atoms with Crippen LogP contribution >= 0.6 is 0 Å². The van der Waals surface area contributed by atoms with Crippen molar-refractivity contribution >= 4 is 88.8 Å². The second kappa shape index (κ2) is 40.1. The Morgan fingerprint density at radius 3 is 1.67 bits per heavy atom. The predicted octanol–water partition coefficient (Wildman–Crippen LogP) is -3.39. The molecule has 1 aromatic rings. The first-order valence-corrected chi connectivity index (χ1v) is 31.9. The van der Waals surface area contributed by atoms with Crippen LogP contribution in [0.3, 0.4) is 0 Å². The third-order valence-corrected chi connectivity index (χ3v) is 14.8. The van der Waals surface area contributed by atoms with Crippen molar-refractivity contribution < 1.29 is 118 Å². The van der Waals surface area contributed by atoms with Gasteiger partial charge in [-0.3, -0.25) is 58.1 Å². The number of halogens is 6. The highest BCUT2D eigenvalue weighted by Gasteiger charge is 2.49. The maximum atomic E-state index is 15.7. The minimum Gasteiger partial charge on any atom is -0.456 e. The number of aliphatic hydroxyl groups excluding tert-OH is 2. The number of guanidine groups is 1. The van der Waals surface area contributed by atoms with Crippen LogP contribution in [-0.4, -0.2) is 210 Å². The molecule has 0 aliphatic carbocycles. The second-order valence-corrected chi connectivity index (χ2v) is 25.7. The average Bonchev–Trinajstić information content (AvgIpc) is 0.807. The molecule has 40 heteroatoms. The summed E-state index contributed by atoms with van der Waals surface area (Å²) in [6.07, 6.45) is -22.6. The van der Waals surface area contributed by atoms with E-state index in [9.17, 15) is 94.1 Å². The molecule has 0 radical (unpaired) electrons. The minimum atomic E-state index is -5.86. The number of carbonyl (C=O) groups excluding carboxylic acids is 14. The lowest BCUT2D eigenvalue weighted by atomic mass is 9.95. The first-order chi connectivity index (χ1) is 46.7. The summed E-state index contributed by atoms with van der Waals surface area (Å²) in [7, 11) is 0. The summed E-state index contributed by atoms with van der Waals surface area (Å²) in [4.78, 5) is 197. The summed E-state index contributed by atoms with van der Waals surface area (Å²) < 4.78 is 99.3. The number of primary amides is 1. The Bertz CT molecular complexity index is 3090. The van der Waals surface area contributed by atoms with E-state index in [1.54, 1.807) is 38.3 Å². The number of ether oxygens (including phenoxy) is 3. The van der Waals surface area contributed by atoms with E-state index in [0.29, 0.717) is 0 Å². The molecule has 1 aliphatic rings. The van der Waals surface area contributed by atoms with E-state index in [2.05, 4.69) is 47.3 Å². The predicted molar refractivity (Wildman–Crippen MR) is 341 cm³/mol. The van der Waals surface area contributed by atoms with Crippen LogP contribution in [0, 0.1) is 35.0 Å². The van der Waals surface area contributed by atoms with E-state index in [-0.39, 0.29) is 38.1 Å². The maximum absolute atomic E-state index is 15.7. The number of rotatable bonds is 24. The molecule has 101 heavy (non-hydrogen) atoms. The number of nitrogens with one attached hydrogen (secondary N) is 12. The molecule has 1 fully saturated rings. The highest BCUT2D eigenvalue weighted by atomic mass is 19.4. The van der Waals surface area contributed by atoms with Gasteiger partial charge in [-0.15, -0.1) is 0 Å². The van der Waals surface area contributed by atoms with Crippen LogP contribution in [0.25, 0.3) is 0 Å². The molecule has 0 unspecified atom stereocenters. The SMILES string of the molecule is CC(C)C[C@@H](N)C(=O)N[C@@H](CC(C)C)C(=O)N[C@@H]1C(=O)N[C@@H]([C@H](OC(=O)C(F)(F)F)C(C)C)C(=O)N[C@@H](CC(C)C)C(=O)N[C@H](CCCNC(=N)N)C(=O)N[C@@H](C(C)C)C(=O)N[C@@H]([C@H](C)O)C(=O)NCC(=O)N[C@@H]([C@H](O)C(N)=O)C(=O)N[C@@H](COC(=O)C(F)(F)F)C(=O)O[C@@H]1c1ccccc1. The molecule has 1 saturated heterocycles. The molecule has 1 aliphatic heterocycles. The molecular formula is C61H93F6N15O19. The molecule has 34 nitrogen and oxygen atoms in total. The summed E-state index contributed by atoms with van der Waals surface area (Å²) >= 11 is 0.